The number of nitrogens with zero attached hydrogens (tertiary/aromatic N) is 3. The molecule has 5 heteroatoms. The quantitative estimate of drug-likeness (QED) is 0.893. The zero-order valence-corrected chi connectivity index (χ0v) is 11.3. The molecule has 0 atom stereocenters. The van der Waals surface area contributed by atoms with E-state index < -0.39 is 5.91 Å². The van der Waals surface area contributed by atoms with Crippen molar-refractivity contribution in [2.75, 3.05) is 0 Å². The molecule has 19 heavy (non-hydrogen) atoms. The van der Waals surface area contributed by atoms with E-state index in [2.05, 4.69) is 16.9 Å². The molecule has 0 aliphatic carbocycles. The summed E-state index contributed by atoms with van der Waals surface area (Å²) in [5, 5.41) is 0. The van der Waals surface area contributed by atoms with Crippen molar-refractivity contribution in [3.63, 3.8) is 0 Å². The molecule has 2 aromatic rings. The Labute approximate surface area is 112 Å². The lowest BCUT2D eigenvalue weighted by Crippen LogP contribution is -2.13. The number of primary amides is 1. The van der Waals surface area contributed by atoms with Crippen molar-refractivity contribution in [2.45, 2.75) is 33.2 Å². The molecule has 2 rings (SSSR count). The first-order valence-corrected chi connectivity index (χ1v) is 6.40. The van der Waals surface area contributed by atoms with Gasteiger partial charge >= 0.3 is 0 Å². The van der Waals surface area contributed by atoms with Crippen molar-refractivity contribution in [1.82, 2.24) is 14.5 Å². The zero-order chi connectivity index (χ0) is 13.8. The van der Waals surface area contributed by atoms with Crippen LogP contribution in [0.4, 0.5) is 0 Å². The minimum atomic E-state index is -0.461. The van der Waals surface area contributed by atoms with E-state index in [9.17, 15) is 4.79 Å². The van der Waals surface area contributed by atoms with Gasteiger partial charge in [-0.2, -0.15) is 0 Å². The number of rotatable bonds is 5. The van der Waals surface area contributed by atoms with Crippen LogP contribution in [-0.4, -0.2) is 20.4 Å². The third-order valence-corrected chi connectivity index (χ3v) is 3.05. The van der Waals surface area contributed by atoms with Crippen LogP contribution >= 0.6 is 0 Å². The summed E-state index contributed by atoms with van der Waals surface area (Å²) in [6.07, 6.45) is 7.75. The average molecular weight is 258 g/mol. The van der Waals surface area contributed by atoms with Gasteiger partial charge in [0.1, 0.15) is 0 Å². The number of carbonyl (C=O) groups excluding carboxylic acids is 1. The molecule has 0 saturated carbocycles. The fourth-order valence-corrected chi connectivity index (χ4v) is 1.89. The van der Waals surface area contributed by atoms with Gasteiger partial charge in [0.05, 0.1) is 23.3 Å². The van der Waals surface area contributed by atoms with Crippen molar-refractivity contribution < 1.29 is 4.79 Å². The number of aromatic nitrogens is 3. The van der Waals surface area contributed by atoms with Gasteiger partial charge in [-0.15, -0.1) is 0 Å². The Kier molecular flexibility index (Phi) is 3.94. The molecule has 0 saturated heterocycles. The second-order valence-corrected chi connectivity index (χ2v) is 4.57. The van der Waals surface area contributed by atoms with Crippen LogP contribution in [0.3, 0.4) is 0 Å². The summed E-state index contributed by atoms with van der Waals surface area (Å²) < 4.78 is 2.04. The van der Waals surface area contributed by atoms with Gasteiger partial charge in [0.25, 0.3) is 5.91 Å². The molecule has 0 aromatic carbocycles. The number of unbranched alkanes of at least 4 members (excludes halogenated alkanes) is 1. The first kappa shape index (κ1) is 13.3. The van der Waals surface area contributed by atoms with Crippen molar-refractivity contribution in [3.05, 3.63) is 36.0 Å². The van der Waals surface area contributed by atoms with Gasteiger partial charge in [-0.3, -0.25) is 9.78 Å². The van der Waals surface area contributed by atoms with Crippen LogP contribution in [0.15, 0.2) is 24.8 Å². The van der Waals surface area contributed by atoms with Crippen molar-refractivity contribution >= 4 is 5.91 Å². The SMILES string of the molecule is CCCCn1cnc(-c2cnc(C)c(C(N)=O)c2)c1. The maximum atomic E-state index is 11.3. The molecule has 0 aliphatic heterocycles. The first-order valence-electron chi connectivity index (χ1n) is 6.40. The summed E-state index contributed by atoms with van der Waals surface area (Å²) in [5.74, 6) is -0.461. The molecule has 2 heterocycles. The summed E-state index contributed by atoms with van der Waals surface area (Å²) in [6, 6.07) is 1.75. The number of carbonyl (C=O) groups is 1. The monoisotopic (exact) mass is 258 g/mol. The minimum Gasteiger partial charge on any atom is -0.366 e. The molecule has 0 unspecified atom stereocenters. The van der Waals surface area contributed by atoms with Gasteiger partial charge in [0, 0.05) is 24.5 Å². The first-order chi connectivity index (χ1) is 9.11. The standard InChI is InChI=1S/C14H18N4O/c1-3-4-5-18-8-13(17-9-18)11-6-12(14(15)19)10(2)16-7-11/h6-9H,3-5H2,1-2H3,(H2,15,19). The van der Waals surface area contributed by atoms with Gasteiger partial charge in [-0.25, -0.2) is 4.98 Å². The number of nitrogens with two attached hydrogens (primary N) is 1. The lowest BCUT2D eigenvalue weighted by molar-refractivity contribution is 0.0999. The van der Waals surface area contributed by atoms with Crippen LogP contribution in [0.5, 0.6) is 0 Å². The van der Waals surface area contributed by atoms with Gasteiger partial charge in [0.15, 0.2) is 0 Å². The number of imidazole rings is 1. The fourth-order valence-electron chi connectivity index (χ4n) is 1.89. The van der Waals surface area contributed by atoms with Crippen LogP contribution in [0.2, 0.25) is 0 Å². The fraction of sp³-hybridized carbons (Fsp3) is 0.357. The third kappa shape index (κ3) is 2.99. The zero-order valence-electron chi connectivity index (χ0n) is 11.3. The molecule has 0 fully saturated rings. The second kappa shape index (κ2) is 5.65. The Balaban J connectivity index is 2.29. The Hall–Kier alpha value is -2.17. The number of aryl methyl sites for hydroxylation is 2. The predicted octanol–water partition coefficient (Wildman–Crippen LogP) is 2.15. The smallest absolute Gasteiger partial charge is 0.250 e. The number of hydrogen-bond acceptors (Lipinski definition) is 3. The van der Waals surface area contributed by atoms with Crippen molar-refractivity contribution in [2.24, 2.45) is 5.73 Å². The average Bonchev–Trinajstić information content (AvgIpc) is 2.85. The Morgan fingerprint density at radius 2 is 2.21 bits per heavy atom. The summed E-state index contributed by atoms with van der Waals surface area (Å²) in [7, 11) is 0. The molecule has 1 amide bonds. The maximum Gasteiger partial charge on any atom is 0.250 e. The highest BCUT2D eigenvalue weighted by atomic mass is 16.1. The van der Waals surface area contributed by atoms with E-state index in [0.29, 0.717) is 11.3 Å². The van der Waals surface area contributed by atoms with E-state index in [1.54, 1.807) is 25.5 Å². The van der Waals surface area contributed by atoms with Crippen LogP contribution in [0.25, 0.3) is 11.3 Å². The molecule has 5 nitrogen and oxygen atoms in total. The maximum absolute atomic E-state index is 11.3. The highest BCUT2D eigenvalue weighted by Crippen LogP contribution is 2.19. The van der Waals surface area contributed by atoms with Gasteiger partial charge in [-0.1, -0.05) is 13.3 Å². The van der Waals surface area contributed by atoms with E-state index in [1.807, 2.05) is 10.8 Å². The molecule has 2 N–H and O–H groups in total. The Morgan fingerprint density at radius 3 is 2.89 bits per heavy atom. The van der Waals surface area contributed by atoms with Crippen molar-refractivity contribution in [3.8, 4) is 11.3 Å². The Bertz CT molecular complexity index is 589. The summed E-state index contributed by atoms with van der Waals surface area (Å²) >= 11 is 0. The van der Waals surface area contributed by atoms with Gasteiger partial charge in [-0.05, 0) is 19.4 Å². The molecule has 0 aliphatic rings. The number of hydrogen-bond donors (Lipinski definition) is 1. The van der Waals surface area contributed by atoms with E-state index in [0.717, 1.165) is 30.6 Å². The number of amides is 1. The van der Waals surface area contributed by atoms with Gasteiger partial charge in [0.2, 0.25) is 0 Å². The highest BCUT2D eigenvalue weighted by molar-refractivity contribution is 5.94. The van der Waals surface area contributed by atoms with Crippen molar-refractivity contribution in [1.29, 1.82) is 0 Å². The van der Waals surface area contributed by atoms with Gasteiger partial charge < -0.3 is 10.3 Å². The summed E-state index contributed by atoms with van der Waals surface area (Å²) in [5.41, 5.74) is 8.04. The molecule has 0 bridgehead atoms. The topological polar surface area (TPSA) is 73.8 Å². The van der Waals surface area contributed by atoms with E-state index in [1.165, 1.54) is 0 Å². The Morgan fingerprint density at radius 1 is 1.42 bits per heavy atom. The van der Waals surface area contributed by atoms with E-state index in [4.69, 9.17) is 5.73 Å². The molecular formula is C14H18N4O. The van der Waals surface area contributed by atoms with E-state index >= 15 is 0 Å². The second-order valence-electron chi connectivity index (χ2n) is 4.57. The predicted molar refractivity (Wildman–Crippen MR) is 73.6 cm³/mol. The van der Waals surface area contributed by atoms with Crippen LogP contribution < -0.4 is 5.73 Å². The molecule has 2 aromatic heterocycles. The molecule has 0 radical (unpaired) electrons. The lowest BCUT2D eigenvalue weighted by Gasteiger charge is -2.03. The normalized spacial score (nSPS) is 10.6. The lowest BCUT2D eigenvalue weighted by atomic mass is 10.1. The molecular weight excluding hydrogens is 240 g/mol. The highest BCUT2D eigenvalue weighted by Gasteiger charge is 2.10. The largest absolute Gasteiger partial charge is 0.366 e. The summed E-state index contributed by atoms with van der Waals surface area (Å²) in [6.45, 7) is 4.87. The van der Waals surface area contributed by atoms with Crippen LogP contribution in [0, 0.1) is 6.92 Å². The minimum absolute atomic E-state index is 0.445. The molecule has 0 spiro atoms. The summed E-state index contributed by atoms with van der Waals surface area (Å²) in [4.78, 5) is 19.8. The van der Waals surface area contributed by atoms with Crippen LogP contribution in [0.1, 0.15) is 35.8 Å². The van der Waals surface area contributed by atoms with Crippen LogP contribution in [-0.2, 0) is 6.54 Å². The van der Waals surface area contributed by atoms with E-state index in [-0.39, 0.29) is 0 Å². The molecule has 100 valence electrons. The number of pyridine rings is 1. The third-order valence-electron chi connectivity index (χ3n) is 3.05.